The number of hydrogen-bond acceptors (Lipinski definition) is 10. The summed E-state index contributed by atoms with van der Waals surface area (Å²) in [6, 6.07) is 172. The molecule has 0 aliphatic carbocycles. The molecular weight excluding hydrogens is 1630 g/mol. The van der Waals surface area contributed by atoms with E-state index in [1.165, 1.54) is 60.5 Å². The first kappa shape index (κ1) is 82.8. The molecule has 0 spiro atoms. The molecule has 4 heterocycles. The fourth-order valence-electron chi connectivity index (χ4n) is 16.9. The molecule has 19 aromatic carbocycles. The number of benzene rings is 19. The topological polar surface area (TPSA) is 129 Å². The van der Waals surface area contributed by atoms with Gasteiger partial charge >= 0.3 is 0 Å². The van der Waals surface area contributed by atoms with Gasteiger partial charge in [0.15, 0.2) is 52.4 Å². The lowest BCUT2D eigenvalue weighted by Crippen LogP contribution is -2.00. The van der Waals surface area contributed by atoms with E-state index in [2.05, 4.69) is 375 Å². The van der Waals surface area contributed by atoms with Crippen LogP contribution in [0.3, 0.4) is 0 Å². The SMILES string of the molecule is c1ccc(-c2ccc(-c3ccc(-c4nc(-c5ccccc5)nc(-c5ccc(-c6ccc(-c7ccccc7)cc6)cc5)n4)cc3)cc2)cc1.c1ccc(-c2ccc(-c3nc(-c4ccc(-c5ccccc5)cc4)nc(-c4ccc(-c5ccccc5)cc4)n3)cc2)cc1.c1ccc(-c2nc(-c3ccccc3)nc(-c3cc(-c4cccnc4)cc(-c4cc5ccccc5c5ccccc45)c3)n2)cc1. The summed E-state index contributed by atoms with van der Waals surface area (Å²) in [6.45, 7) is 0. The summed E-state index contributed by atoms with van der Waals surface area (Å²) in [5.74, 6) is 5.77. The van der Waals surface area contributed by atoms with Crippen LogP contribution in [0.1, 0.15) is 0 Å². The van der Waals surface area contributed by atoms with Crippen LogP contribution in [0.2, 0.25) is 0 Å². The van der Waals surface area contributed by atoms with Gasteiger partial charge in [0.25, 0.3) is 0 Å². The third kappa shape index (κ3) is 18.8. The van der Waals surface area contributed by atoms with Gasteiger partial charge in [-0.25, -0.2) is 44.9 Å². The zero-order chi connectivity index (χ0) is 89.6. The van der Waals surface area contributed by atoms with Crippen molar-refractivity contribution in [2.45, 2.75) is 0 Å². The van der Waals surface area contributed by atoms with Crippen LogP contribution in [0.15, 0.2) is 510 Å². The summed E-state index contributed by atoms with van der Waals surface area (Å²) >= 11 is 0. The van der Waals surface area contributed by atoms with Crippen LogP contribution < -0.4 is 0 Å². The molecule has 10 heteroatoms. The zero-order valence-electron chi connectivity index (χ0n) is 73.0. The number of hydrogen-bond donors (Lipinski definition) is 0. The van der Waals surface area contributed by atoms with E-state index in [9.17, 15) is 0 Å². The van der Waals surface area contributed by atoms with E-state index in [0.717, 1.165) is 111 Å². The fourth-order valence-corrected chi connectivity index (χ4v) is 16.9. The van der Waals surface area contributed by atoms with Crippen molar-refractivity contribution in [1.82, 2.24) is 49.8 Å². The summed E-state index contributed by atoms with van der Waals surface area (Å²) in [5.41, 5.74) is 29.2. The second-order valence-electron chi connectivity index (χ2n) is 32.6. The number of fused-ring (bicyclic) bond motifs is 3. The van der Waals surface area contributed by atoms with Gasteiger partial charge in [-0.15, -0.1) is 0 Å². The molecule has 0 radical (unpaired) electrons. The van der Waals surface area contributed by atoms with Crippen molar-refractivity contribution in [3.8, 4) is 203 Å². The monoisotopic (exact) mass is 1710 g/mol. The third-order valence-electron chi connectivity index (χ3n) is 24.0. The molecular formula is C124H84N10. The van der Waals surface area contributed by atoms with Gasteiger partial charge in [-0.05, 0) is 146 Å². The molecule has 10 nitrogen and oxygen atoms in total. The van der Waals surface area contributed by atoms with Gasteiger partial charge in [0.05, 0.1) is 0 Å². The highest BCUT2D eigenvalue weighted by molar-refractivity contribution is 6.14. The van der Waals surface area contributed by atoms with Crippen molar-refractivity contribution in [2.75, 3.05) is 0 Å². The molecule has 0 saturated heterocycles. The third-order valence-corrected chi connectivity index (χ3v) is 24.0. The van der Waals surface area contributed by atoms with Crippen molar-refractivity contribution < 1.29 is 0 Å². The van der Waals surface area contributed by atoms with Gasteiger partial charge in [-0.3, -0.25) is 4.98 Å². The first-order valence-electron chi connectivity index (χ1n) is 44.8. The van der Waals surface area contributed by atoms with E-state index >= 15 is 0 Å². The van der Waals surface area contributed by atoms with E-state index in [-0.39, 0.29) is 0 Å². The first-order valence-corrected chi connectivity index (χ1v) is 44.8. The quantitative estimate of drug-likeness (QED) is 0.0766. The highest BCUT2D eigenvalue weighted by Crippen LogP contribution is 2.41. The molecule has 0 amide bonds. The Bertz CT molecular complexity index is 7510. The molecule has 23 rings (SSSR count). The lowest BCUT2D eigenvalue weighted by atomic mass is 9.90. The molecule has 0 bridgehead atoms. The van der Waals surface area contributed by atoms with Gasteiger partial charge in [-0.1, -0.05) is 467 Å². The smallest absolute Gasteiger partial charge is 0.164 e. The second kappa shape index (κ2) is 38.8. The van der Waals surface area contributed by atoms with Crippen LogP contribution in [0.4, 0.5) is 0 Å². The average Bonchev–Trinajstić information content (AvgIpc) is 0.752. The molecule has 0 aliphatic rings. The van der Waals surface area contributed by atoms with Crippen LogP contribution in [-0.4, -0.2) is 49.8 Å². The average molecular weight is 1710 g/mol. The van der Waals surface area contributed by atoms with Gasteiger partial charge in [-0.2, -0.15) is 0 Å². The van der Waals surface area contributed by atoms with Crippen LogP contribution in [0.5, 0.6) is 0 Å². The Kier molecular flexibility index (Phi) is 24.0. The number of pyridine rings is 1. The molecule has 0 fully saturated rings. The highest BCUT2D eigenvalue weighted by atomic mass is 15.1. The van der Waals surface area contributed by atoms with Crippen LogP contribution in [-0.2, 0) is 0 Å². The minimum Gasteiger partial charge on any atom is -0.264 e. The molecule has 0 aliphatic heterocycles. The minimum atomic E-state index is 0.620. The normalized spacial score (nSPS) is 11.0. The van der Waals surface area contributed by atoms with E-state index in [1.807, 2.05) is 134 Å². The number of nitrogens with zero attached hydrogens (tertiary/aromatic N) is 10. The molecule has 630 valence electrons. The Morgan fingerprint density at radius 3 is 0.560 bits per heavy atom. The summed E-state index contributed by atoms with van der Waals surface area (Å²) in [6.07, 6.45) is 3.70. The van der Waals surface area contributed by atoms with Crippen LogP contribution in [0.25, 0.3) is 224 Å². The molecule has 23 aromatic rings. The van der Waals surface area contributed by atoms with Gasteiger partial charge < -0.3 is 0 Å². The highest BCUT2D eigenvalue weighted by Gasteiger charge is 2.21. The molecule has 0 unspecified atom stereocenters. The standard InChI is InChI=1S/C45H31N3.C40H26N4.C39H27N3/c1-4-10-32(11-5-1)34-16-20-36(21-17-34)38-24-28-41(29-25-38)44-46-43(40-14-8-3-9-15-40)47-45(48-44)42-30-26-39(27-31-42)37-22-18-35(19-23-37)33-12-6-2-7-13-33;1-3-12-27(13-4-1)38-42-39(28-14-5-2-6-15-28)44-40(43-38)33-23-31(30-17-11-21-41-26-30)22-32(24-33)37-25-29-16-7-8-18-34(29)35-19-9-10-20-36(35)37;1-4-10-28(11-5-1)31-16-22-34(23-17-31)37-40-38(35-24-18-32(19-25-35)29-12-6-2-7-13-29)42-39(41-37)36-26-20-33(21-27-36)30-14-8-3-9-15-30/h1-31H;1-26H;1-27H. The second-order valence-corrected chi connectivity index (χ2v) is 32.6. The van der Waals surface area contributed by atoms with Crippen LogP contribution in [0, 0.1) is 0 Å². The molecule has 0 atom stereocenters. The Balaban J connectivity index is 0.000000121. The van der Waals surface area contributed by atoms with Gasteiger partial charge in [0, 0.05) is 68.0 Å². The van der Waals surface area contributed by atoms with Gasteiger partial charge in [0.2, 0.25) is 0 Å². The maximum Gasteiger partial charge on any atom is 0.164 e. The van der Waals surface area contributed by atoms with E-state index in [1.54, 1.807) is 6.20 Å². The number of aromatic nitrogens is 10. The summed E-state index contributed by atoms with van der Waals surface area (Å²) < 4.78 is 0. The Labute approximate surface area is 778 Å². The first-order chi connectivity index (χ1) is 66.4. The molecule has 4 aromatic heterocycles. The van der Waals surface area contributed by atoms with E-state index in [0.29, 0.717) is 52.4 Å². The maximum absolute atomic E-state index is 5.04. The Hall–Kier alpha value is -18.1. The zero-order valence-corrected chi connectivity index (χ0v) is 73.0. The van der Waals surface area contributed by atoms with Crippen molar-refractivity contribution in [3.05, 3.63) is 510 Å². The molecule has 134 heavy (non-hydrogen) atoms. The summed E-state index contributed by atoms with van der Waals surface area (Å²) in [4.78, 5) is 49.1. The lowest BCUT2D eigenvalue weighted by Gasteiger charge is -2.15. The Morgan fingerprint density at radius 1 is 0.112 bits per heavy atom. The maximum atomic E-state index is 5.04. The summed E-state index contributed by atoms with van der Waals surface area (Å²) in [7, 11) is 0. The van der Waals surface area contributed by atoms with E-state index in [4.69, 9.17) is 44.9 Å². The van der Waals surface area contributed by atoms with Crippen molar-refractivity contribution in [1.29, 1.82) is 0 Å². The van der Waals surface area contributed by atoms with Crippen molar-refractivity contribution in [3.63, 3.8) is 0 Å². The predicted octanol–water partition coefficient (Wildman–Crippen LogP) is 31.3. The van der Waals surface area contributed by atoms with Crippen molar-refractivity contribution >= 4 is 21.5 Å². The van der Waals surface area contributed by atoms with Crippen molar-refractivity contribution in [2.24, 2.45) is 0 Å². The summed E-state index contributed by atoms with van der Waals surface area (Å²) in [5, 5.41) is 4.87. The molecule has 0 N–H and O–H groups in total. The molecule has 0 saturated carbocycles. The number of rotatable bonds is 18. The van der Waals surface area contributed by atoms with Crippen LogP contribution >= 0.6 is 0 Å². The predicted molar refractivity (Wildman–Crippen MR) is 550 cm³/mol. The minimum absolute atomic E-state index is 0.620. The van der Waals surface area contributed by atoms with Gasteiger partial charge in [0.1, 0.15) is 0 Å². The Morgan fingerprint density at radius 2 is 0.299 bits per heavy atom. The van der Waals surface area contributed by atoms with E-state index < -0.39 is 0 Å². The fraction of sp³-hybridized carbons (Fsp3) is 0. The lowest BCUT2D eigenvalue weighted by molar-refractivity contribution is 1.07. The largest absolute Gasteiger partial charge is 0.264 e.